The third-order valence-electron chi connectivity index (χ3n) is 2.79. The van der Waals surface area contributed by atoms with Crippen LogP contribution in [0.2, 0.25) is 0 Å². The summed E-state index contributed by atoms with van der Waals surface area (Å²) in [5, 5.41) is 8.36. The van der Waals surface area contributed by atoms with Crippen molar-refractivity contribution in [2.75, 3.05) is 10.6 Å². The molecule has 0 saturated heterocycles. The summed E-state index contributed by atoms with van der Waals surface area (Å²) in [5.74, 6) is 0.440. The number of anilines is 3. The molecule has 0 saturated carbocycles. The molecule has 0 aliphatic heterocycles. The summed E-state index contributed by atoms with van der Waals surface area (Å²) >= 11 is 1.46. The van der Waals surface area contributed by atoms with Gasteiger partial charge in [0.25, 0.3) is 5.91 Å². The van der Waals surface area contributed by atoms with Crippen molar-refractivity contribution < 1.29 is 4.79 Å². The molecule has 0 aliphatic rings. The fraction of sp³-hybridized carbons (Fsp3) is 0.143. The van der Waals surface area contributed by atoms with Crippen molar-refractivity contribution in [3.05, 3.63) is 46.7 Å². The lowest BCUT2D eigenvalue weighted by Gasteiger charge is -2.10. The Kier molecular flexibility index (Phi) is 5.72. The molecule has 0 atom stereocenters. The fourth-order valence-corrected chi connectivity index (χ4v) is 2.37. The monoisotopic (exact) mass is 363 g/mol. The van der Waals surface area contributed by atoms with E-state index in [2.05, 4.69) is 35.6 Å². The minimum absolute atomic E-state index is 0. The minimum Gasteiger partial charge on any atom is -0.336 e. The van der Waals surface area contributed by atoms with Crippen LogP contribution in [0.3, 0.4) is 0 Å². The van der Waals surface area contributed by atoms with Gasteiger partial charge >= 0.3 is 0 Å². The van der Waals surface area contributed by atoms with Crippen LogP contribution < -0.4 is 10.6 Å². The quantitative estimate of drug-likeness (QED) is 0.734. The third-order valence-corrected chi connectivity index (χ3v) is 3.57. The van der Waals surface area contributed by atoms with Gasteiger partial charge in [0.05, 0.1) is 35.0 Å². The average molecular weight is 364 g/mol. The van der Waals surface area contributed by atoms with Crippen LogP contribution >= 0.6 is 23.7 Å². The first-order valence-electron chi connectivity index (χ1n) is 6.71. The van der Waals surface area contributed by atoms with E-state index in [4.69, 9.17) is 0 Å². The lowest BCUT2D eigenvalue weighted by molar-refractivity contribution is 0.102. The maximum atomic E-state index is 12.5. The number of carbonyl (C=O) groups is 1. The number of amides is 1. The molecule has 3 rings (SSSR count). The zero-order valence-corrected chi connectivity index (χ0v) is 14.5. The van der Waals surface area contributed by atoms with Crippen LogP contribution in [0.5, 0.6) is 0 Å². The lowest BCUT2D eigenvalue weighted by Crippen LogP contribution is -2.17. The number of aromatic nitrogens is 5. The number of carbonyl (C=O) groups excluding carboxylic acids is 1. The molecular weight excluding hydrogens is 350 g/mol. The van der Waals surface area contributed by atoms with Crippen LogP contribution in [-0.2, 0) is 0 Å². The van der Waals surface area contributed by atoms with Gasteiger partial charge in [0.1, 0.15) is 12.1 Å². The Bertz CT molecular complexity index is 840. The van der Waals surface area contributed by atoms with E-state index < -0.39 is 0 Å². The first-order valence-corrected chi connectivity index (χ1v) is 7.59. The summed E-state index contributed by atoms with van der Waals surface area (Å²) in [5.41, 5.74) is 1.43. The molecule has 3 aromatic rings. The molecule has 0 radical (unpaired) electrons. The highest BCUT2D eigenvalue weighted by Crippen LogP contribution is 2.18. The van der Waals surface area contributed by atoms with E-state index in [0.717, 1.165) is 5.01 Å². The fourth-order valence-electron chi connectivity index (χ4n) is 1.82. The molecule has 0 spiro atoms. The van der Waals surface area contributed by atoms with Crippen molar-refractivity contribution >= 4 is 47.0 Å². The number of aryl methyl sites for hydroxylation is 2. The number of nitrogens with one attached hydrogen (secondary N) is 2. The van der Waals surface area contributed by atoms with Crippen molar-refractivity contribution in [1.29, 1.82) is 0 Å². The highest BCUT2D eigenvalue weighted by molar-refractivity contribution is 7.09. The van der Waals surface area contributed by atoms with E-state index in [1.165, 1.54) is 17.7 Å². The molecule has 24 heavy (non-hydrogen) atoms. The molecule has 0 aliphatic carbocycles. The molecule has 1 amide bonds. The number of halogens is 1. The van der Waals surface area contributed by atoms with E-state index in [9.17, 15) is 4.79 Å². The van der Waals surface area contributed by atoms with Crippen LogP contribution in [0.1, 0.15) is 21.2 Å². The Morgan fingerprint density at radius 2 is 1.88 bits per heavy atom. The highest BCUT2D eigenvalue weighted by atomic mass is 35.5. The zero-order chi connectivity index (χ0) is 16.2. The predicted molar refractivity (Wildman–Crippen MR) is 94.1 cm³/mol. The normalized spacial score (nSPS) is 9.92. The van der Waals surface area contributed by atoms with Gasteiger partial charge in [-0.15, -0.1) is 23.7 Å². The number of thiazole rings is 1. The van der Waals surface area contributed by atoms with Gasteiger partial charge < -0.3 is 10.6 Å². The van der Waals surface area contributed by atoms with Gasteiger partial charge in [-0.05, 0) is 13.8 Å². The largest absolute Gasteiger partial charge is 0.336 e. The van der Waals surface area contributed by atoms with Gasteiger partial charge in [0, 0.05) is 5.38 Å². The zero-order valence-electron chi connectivity index (χ0n) is 12.8. The average Bonchev–Trinajstić information content (AvgIpc) is 2.95. The summed E-state index contributed by atoms with van der Waals surface area (Å²) in [7, 11) is 0. The Morgan fingerprint density at radius 1 is 1.12 bits per heavy atom. The van der Waals surface area contributed by atoms with Crippen molar-refractivity contribution in [1.82, 2.24) is 24.9 Å². The van der Waals surface area contributed by atoms with Crippen LogP contribution in [0.25, 0.3) is 0 Å². The topological polar surface area (TPSA) is 106 Å². The van der Waals surface area contributed by atoms with Gasteiger partial charge in [0.15, 0.2) is 11.5 Å². The molecule has 0 fully saturated rings. The SMILES string of the molecule is Cc1cnc(Nc2cncnc2)c(C(=O)Nc2csc(C)n2)n1.Cl. The maximum Gasteiger partial charge on any atom is 0.279 e. The van der Waals surface area contributed by atoms with Gasteiger partial charge in [-0.2, -0.15) is 0 Å². The lowest BCUT2D eigenvalue weighted by atomic mass is 10.3. The molecule has 3 heterocycles. The van der Waals surface area contributed by atoms with Crippen molar-refractivity contribution in [2.45, 2.75) is 13.8 Å². The molecule has 10 heteroatoms. The van der Waals surface area contributed by atoms with Gasteiger partial charge in [-0.25, -0.2) is 24.9 Å². The summed E-state index contributed by atoms with van der Waals surface area (Å²) < 4.78 is 0. The summed E-state index contributed by atoms with van der Waals surface area (Å²) in [6.45, 7) is 3.64. The van der Waals surface area contributed by atoms with Gasteiger partial charge in [-0.3, -0.25) is 4.79 Å². The van der Waals surface area contributed by atoms with Gasteiger partial charge in [0.2, 0.25) is 0 Å². The maximum absolute atomic E-state index is 12.5. The van der Waals surface area contributed by atoms with Crippen LogP contribution in [0, 0.1) is 13.8 Å². The van der Waals surface area contributed by atoms with E-state index >= 15 is 0 Å². The summed E-state index contributed by atoms with van der Waals surface area (Å²) in [6, 6.07) is 0. The number of hydrogen-bond acceptors (Lipinski definition) is 8. The van der Waals surface area contributed by atoms with E-state index in [0.29, 0.717) is 23.0 Å². The minimum atomic E-state index is -0.383. The Hall–Kier alpha value is -2.65. The first kappa shape index (κ1) is 17.7. The molecular formula is C14H14ClN7OS. The highest BCUT2D eigenvalue weighted by Gasteiger charge is 2.17. The first-order chi connectivity index (χ1) is 11.1. The van der Waals surface area contributed by atoms with Crippen molar-refractivity contribution in [2.24, 2.45) is 0 Å². The summed E-state index contributed by atoms with van der Waals surface area (Å²) in [4.78, 5) is 33.0. The molecule has 124 valence electrons. The Morgan fingerprint density at radius 3 is 2.54 bits per heavy atom. The Labute approximate surface area is 148 Å². The smallest absolute Gasteiger partial charge is 0.279 e. The molecule has 0 unspecified atom stereocenters. The van der Waals surface area contributed by atoms with Crippen LogP contribution in [0.15, 0.2) is 30.3 Å². The second-order valence-electron chi connectivity index (χ2n) is 4.67. The molecule has 0 bridgehead atoms. The van der Waals surface area contributed by atoms with Crippen molar-refractivity contribution in [3.63, 3.8) is 0 Å². The van der Waals surface area contributed by atoms with Crippen LogP contribution in [-0.4, -0.2) is 30.8 Å². The number of hydrogen-bond donors (Lipinski definition) is 2. The molecule has 8 nitrogen and oxygen atoms in total. The molecule has 3 aromatic heterocycles. The number of rotatable bonds is 4. The van der Waals surface area contributed by atoms with E-state index in [1.807, 2.05) is 6.92 Å². The Balaban J connectivity index is 0.00000208. The van der Waals surface area contributed by atoms with E-state index in [1.54, 1.807) is 30.9 Å². The van der Waals surface area contributed by atoms with Gasteiger partial charge in [-0.1, -0.05) is 0 Å². The predicted octanol–water partition coefficient (Wildman–Crippen LogP) is 2.76. The second kappa shape index (κ2) is 7.75. The number of nitrogens with zero attached hydrogens (tertiary/aromatic N) is 5. The standard InChI is InChI=1S/C14H13N7OS.ClH/c1-8-3-17-13(20-10-4-15-7-16-5-10)12(18-8)14(22)21-11-6-23-9(2)19-11;/h3-7H,1-2H3,(H,17,20)(H,21,22);1H. The van der Waals surface area contributed by atoms with Crippen molar-refractivity contribution in [3.8, 4) is 0 Å². The second-order valence-corrected chi connectivity index (χ2v) is 5.73. The van der Waals surface area contributed by atoms with E-state index in [-0.39, 0.29) is 24.0 Å². The molecule has 0 aromatic carbocycles. The van der Waals surface area contributed by atoms with Crippen LogP contribution in [0.4, 0.5) is 17.3 Å². The summed E-state index contributed by atoms with van der Waals surface area (Å²) in [6.07, 6.45) is 6.17. The third kappa shape index (κ3) is 4.21. The molecule has 2 N–H and O–H groups in total.